The molecule has 0 saturated carbocycles. The molecule has 1 amide bonds. The van der Waals surface area contributed by atoms with E-state index in [1.54, 1.807) is 0 Å². The standard InChI is InChI=1S/C25H40N8O4/c1-14(2)23(35)32-12-16(13-32)37-25-27-19-20(29-25)28-24(30-22(19)31-8-10-36-11-9-31)33-18-7-5-4-6-17(18)26-21(33)15(3)34/h4-7,14-18,21-22,24-30,34H,8-13H2,1-3H3/t15-,17?,18?,21?,22?,24?,25?/m0/s1. The minimum Gasteiger partial charge on any atom is -0.390 e. The van der Waals surface area contributed by atoms with E-state index in [1.807, 2.05) is 25.7 Å². The van der Waals surface area contributed by atoms with E-state index in [2.05, 4.69) is 60.7 Å². The number of aliphatic hydroxyl groups excluding tert-OH is 1. The summed E-state index contributed by atoms with van der Waals surface area (Å²) in [5, 5.41) is 28.7. The van der Waals surface area contributed by atoms with Crippen molar-refractivity contribution in [2.45, 2.75) is 70.0 Å². The van der Waals surface area contributed by atoms with Crippen molar-refractivity contribution < 1.29 is 19.4 Å². The Labute approximate surface area is 218 Å². The van der Waals surface area contributed by atoms with E-state index in [4.69, 9.17) is 9.47 Å². The van der Waals surface area contributed by atoms with E-state index in [9.17, 15) is 9.90 Å². The molecule has 6 rings (SSSR count). The van der Waals surface area contributed by atoms with Gasteiger partial charge in [0.1, 0.15) is 18.3 Å². The van der Waals surface area contributed by atoms with E-state index < -0.39 is 12.5 Å². The lowest BCUT2D eigenvalue weighted by Gasteiger charge is -2.46. The number of carbonyl (C=O) groups excluding carboxylic acids is 1. The van der Waals surface area contributed by atoms with Crippen LogP contribution in [-0.4, -0.2) is 114 Å². The quantitative estimate of drug-likeness (QED) is 0.238. The number of aliphatic hydroxyl groups is 1. The molecule has 12 heteroatoms. The van der Waals surface area contributed by atoms with E-state index in [0.717, 1.165) is 24.6 Å². The number of hydrogen-bond donors (Lipinski definition) is 6. The zero-order valence-electron chi connectivity index (χ0n) is 21.8. The van der Waals surface area contributed by atoms with Crippen LogP contribution in [0.2, 0.25) is 0 Å². The number of likely N-dealkylation sites (tertiary alicyclic amines) is 1. The van der Waals surface area contributed by atoms with Crippen LogP contribution >= 0.6 is 0 Å². The second-order valence-corrected chi connectivity index (χ2v) is 11.0. The van der Waals surface area contributed by atoms with Crippen LogP contribution in [0.5, 0.6) is 0 Å². The molecule has 37 heavy (non-hydrogen) atoms. The Morgan fingerprint density at radius 1 is 1.08 bits per heavy atom. The Morgan fingerprint density at radius 2 is 1.84 bits per heavy atom. The summed E-state index contributed by atoms with van der Waals surface area (Å²) in [7, 11) is 0. The summed E-state index contributed by atoms with van der Waals surface area (Å²) in [4.78, 5) is 18.7. The van der Waals surface area contributed by atoms with Crippen molar-refractivity contribution in [3.05, 3.63) is 35.8 Å². The van der Waals surface area contributed by atoms with Crippen molar-refractivity contribution in [1.29, 1.82) is 0 Å². The number of nitrogens with zero attached hydrogens (tertiary/aromatic N) is 3. The van der Waals surface area contributed by atoms with Crippen molar-refractivity contribution in [2.75, 3.05) is 39.4 Å². The third-order valence-electron chi connectivity index (χ3n) is 7.98. The van der Waals surface area contributed by atoms with Crippen molar-refractivity contribution in [2.24, 2.45) is 5.92 Å². The van der Waals surface area contributed by atoms with Gasteiger partial charge in [0.15, 0.2) is 0 Å². The van der Waals surface area contributed by atoms with E-state index in [-0.39, 0.29) is 48.6 Å². The number of rotatable bonds is 6. The first-order valence-corrected chi connectivity index (χ1v) is 13.5. The Bertz CT molecular complexity index is 958. The van der Waals surface area contributed by atoms with Gasteiger partial charge in [0, 0.05) is 38.1 Å². The molecule has 0 bridgehead atoms. The van der Waals surface area contributed by atoms with Gasteiger partial charge < -0.3 is 35.4 Å². The molecule has 12 nitrogen and oxygen atoms in total. The molecule has 5 aliphatic heterocycles. The van der Waals surface area contributed by atoms with Crippen molar-refractivity contribution in [3.8, 4) is 0 Å². The van der Waals surface area contributed by atoms with Crippen LogP contribution in [0.25, 0.3) is 0 Å². The third-order valence-corrected chi connectivity index (χ3v) is 7.98. The average molecular weight is 517 g/mol. The fourth-order valence-corrected chi connectivity index (χ4v) is 6.04. The first-order chi connectivity index (χ1) is 17.9. The highest BCUT2D eigenvalue weighted by atomic mass is 16.5. The molecule has 0 spiro atoms. The maximum Gasteiger partial charge on any atom is 0.225 e. The lowest BCUT2D eigenvalue weighted by Crippen LogP contribution is -2.69. The minimum absolute atomic E-state index is 0.00112. The van der Waals surface area contributed by atoms with Gasteiger partial charge in [0.25, 0.3) is 0 Å². The molecule has 0 aromatic heterocycles. The Hall–Kier alpha value is -2.19. The van der Waals surface area contributed by atoms with Crippen LogP contribution < -0.4 is 26.6 Å². The highest BCUT2D eigenvalue weighted by Gasteiger charge is 2.49. The van der Waals surface area contributed by atoms with Crippen molar-refractivity contribution in [1.82, 2.24) is 41.3 Å². The third kappa shape index (κ3) is 4.76. The number of ether oxygens (including phenoxy) is 2. The number of carbonyl (C=O) groups is 1. The predicted octanol–water partition coefficient (Wildman–Crippen LogP) is -1.87. The predicted molar refractivity (Wildman–Crippen MR) is 136 cm³/mol. The molecule has 3 fully saturated rings. The molecule has 6 aliphatic rings. The van der Waals surface area contributed by atoms with Crippen molar-refractivity contribution >= 4 is 5.91 Å². The maximum absolute atomic E-state index is 12.2. The number of nitrogens with one attached hydrogen (secondary N) is 5. The summed E-state index contributed by atoms with van der Waals surface area (Å²) in [6, 6.07) is 0.231. The normalized spacial score (nSPS) is 37.1. The summed E-state index contributed by atoms with van der Waals surface area (Å²) >= 11 is 0. The van der Waals surface area contributed by atoms with Gasteiger partial charge in [-0.3, -0.25) is 20.3 Å². The van der Waals surface area contributed by atoms with Crippen LogP contribution in [0.15, 0.2) is 35.8 Å². The van der Waals surface area contributed by atoms with Gasteiger partial charge in [-0.25, -0.2) is 4.90 Å². The van der Waals surface area contributed by atoms with Gasteiger partial charge in [-0.1, -0.05) is 38.2 Å². The molecule has 6 N–H and O–H groups in total. The first kappa shape index (κ1) is 25.1. The molecule has 5 heterocycles. The van der Waals surface area contributed by atoms with Gasteiger partial charge in [-0.05, 0) is 6.92 Å². The molecule has 3 saturated heterocycles. The Balaban J connectivity index is 1.18. The fourth-order valence-electron chi connectivity index (χ4n) is 6.04. The summed E-state index contributed by atoms with van der Waals surface area (Å²) in [5.41, 5.74) is 1.01. The molecule has 204 valence electrons. The first-order valence-electron chi connectivity index (χ1n) is 13.5. The van der Waals surface area contributed by atoms with E-state index in [1.165, 1.54) is 0 Å². The molecule has 6 unspecified atom stereocenters. The topological polar surface area (TPSA) is 126 Å². The van der Waals surface area contributed by atoms with Crippen LogP contribution in [0.1, 0.15) is 20.8 Å². The monoisotopic (exact) mass is 516 g/mol. The lowest BCUT2D eigenvalue weighted by molar-refractivity contribution is -0.155. The summed E-state index contributed by atoms with van der Waals surface area (Å²) in [5.74, 6) is 1.06. The van der Waals surface area contributed by atoms with Crippen LogP contribution in [0.3, 0.4) is 0 Å². The van der Waals surface area contributed by atoms with Crippen molar-refractivity contribution in [3.63, 3.8) is 0 Å². The number of fused-ring (bicyclic) bond motifs is 1. The zero-order valence-corrected chi connectivity index (χ0v) is 21.8. The summed E-state index contributed by atoms with van der Waals surface area (Å²) in [6.07, 6.45) is 6.95. The molecule has 7 atom stereocenters. The zero-order chi connectivity index (χ0) is 25.7. The van der Waals surface area contributed by atoms with E-state index >= 15 is 0 Å². The van der Waals surface area contributed by atoms with Gasteiger partial charge in [-0.2, -0.15) is 0 Å². The van der Waals surface area contributed by atoms with Gasteiger partial charge in [0.05, 0.1) is 43.3 Å². The SMILES string of the molecule is CC(C)C(=O)N1CC(OC2NC3=C(N2)C(N2CCOCC2)NC(N2C4C=CC=CC4NC2[C@H](C)O)N3)C1. The van der Waals surface area contributed by atoms with Crippen LogP contribution in [0, 0.1) is 5.92 Å². The summed E-state index contributed by atoms with van der Waals surface area (Å²) < 4.78 is 11.9. The lowest BCUT2D eigenvalue weighted by atomic mass is 10.0. The van der Waals surface area contributed by atoms with E-state index in [0.29, 0.717) is 26.3 Å². The number of morpholine rings is 1. The molecule has 1 aliphatic carbocycles. The largest absolute Gasteiger partial charge is 0.390 e. The van der Waals surface area contributed by atoms with Crippen LogP contribution in [0.4, 0.5) is 0 Å². The number of allylic oxidation sites excluding steroid dienone is 2. The fraction of sp³-hybridized carbons (Fsp3) is 0.720. The minimum atomic E-state index is -0.561. The Kier molecular flexibility index (Phi) is 6.90. The number of amides is 1. The average Bonchev–Trinajstić information content (AvgIpc) is 3.46. The van der Waals surface area contributed by atoms with Gasteiger partial charge in [0.2, 0.25) is 12.3 Å². The molecule has 0 aromatic rings. The summed E-state index contributed by atoms with van der Waals surface area (Å²) in [6.45, 7) is 9.91. The van der Waals surface area contributed by atoms with Gasteiger partial charge in [-0.15, -0.1) is 0 Å². The van der Waals surface area contributed by atoms with Crippen LogP contribution in [-0.2, 0) is 14.3 Å². The molecular formula is C25H40N8O4. The van der Waals surface area contributed by atoms with Gasteiger partial charge >= 0.3 is 0 Å². The highest BCUT2D eigenvalue weighted by molar-refractivity contribution is 5.79. The molecule has 0 radical (unpaired) electrons. The molecule has 0 aromatic carbocycles. The smallest absolute Gasteiger partial charge is 0.225 e. The number of hydrogen-bond acceptors (Lipinski definition) is 11. The highest BCUT2D eigenvalue weighted by Crippen LogP contribution is 2.29. The molecular weight excluding hydrogens is 476 g/mol. The second-order valence-electron chi connectivity index (χ2n) is 11.0. The maximum atomic E-state index is 12.2. The Morgan fingerprint density at radius 3 is 2.57 bits per heavy atom. The second kappa shape index (κ2) is 10.2.